The number of thioether (sulfide) groups is 1. The summed E-state index contributed by atoms with van der Waals surface area (Å²) in [7, 11) is 0. The Morgan fingerprint density at radius 1 is 1.11 bits per heavy atom. The number of fused-ring (bicyclic) bond motifs is 1. The van der Waals surface area contributed by atoms with E-state index < -0.39 is 5.82 Å². The summed E-state index contributed by atoms with van der Waals surface area (Å²) in [5.74, 6) is 0.836. The molecule has 0 bridgehead atoms. The maximum absolute atomic E-state index is 14.2. The zero-order chi connectivity index (χ0) is 19.2. The van der Waals surface area contributed by atoms with Crippen LogP contribution in [0.5, 0.6) is 11.5 Å². The molecular formula is C20H20FNO4S. The van der Waals surface area contributed by atoms with Crippen LogP contribution in [0.15, 0.2) is 41.3 Å². The van der Waals surface area contributed by atoms with Crippen molar-refractivity contribution >= 4 is 23.5 Å². The standard InChI is InChI=1S/C20H20FNO4S/c1-13(23)22-7-6-14-2-3-15(10-17(14)21)18(24)12-27-16-4-5-19-20(11-16)26-9-8-25-19/h2-5,10-11H,6-9,12H2,1H3,(H,22,23). The van der Waals surface area contributed by atoms with Crippen LogP contribution >= 0.6 is 11.8 Å². The first kappa shape index (κ1) is 19.2. The van der Waals surface area contributed by atoms with E-state index in [2.05, 4.69) is 5.32 Å². The molecule has 1 aliphatic heterocycles. The largest absolute Gasteiger partial charge is 0.486 e. The summed E-state index contributed by atoms with van der Waals surface area (Å²) in [6.45, 7) is 2.81. The maximum Gasteiger partial charge on any atom is 0.216 e. The van der Waals surface area contributed by atoms with Crippen LogP contribution in [0.25, 0.3) is 0 Å². The molecule has 2 aromatic carbocycles. The van der Waals surface area contributed by atoms with Crippen molar-refractivity contribution in [2.24, 2.45) is 0 Å². The molecule has 7 heteroatoms. The lowest BCUT2D eigenvalue weighted by molar-refractivity contribution is -0.118. The highest BCUT2D eigenvalue weighted by Crippen LogP contribution is 2.34. The number of hydrogen-bond acceptors (Lipinski definition) is 5. The maximum atomic E-state index is 14.2. The van der Waals surface area contributed by atoms with Crippen LogP contribution in [0.4, 0.5) is 4.39 Å². The number of hydrogen-bond donors (Lipinski definition) is 1. The third-order valence-electron chi connectivity index (χ3n) is 4.03. The summed E-state index contributed by atoms with van der Waals surface area (Å²) in [5.41, 5.74) is 0.806. The van der Waals surface area contributed by atoms with Crippen LogP contribution in [0.3, 0.4) is 0 Å². The molecular weight excluding hydrogens is 369 g/mol. The lowest BCUT2D eigenvalue weighted by Gasteiger charge is -2.18. The topological polar surface area (TPSA) is 64.6 Å². The lowest BCUT2D eigenvalue weighted by Crippen LogP contribution is -2.22. The summed E-state index contributed by atoms with van der Waals surface area (Å²) in [6, 6.07) is 10.0. The van der Waals surface area contributed by atoms with Gasteiger partial charge in [-0.05, 0) is 36.2 Å². The molecule has 1 aliphatic rings. The molecule has 0 saturated heterocycles. The van der Waals surface area contributed by atoms with E-state index in [1.165, 1.54) is 24.8 Å². The van der Waals surface area contributed by atoms with Crippen LogP contribution in [0, 0.1) is 5.82 Å². The number of amides is 1. The molecule has 2 aromatic rings. The third kappa shape index (κ3) is 5.23. The van der Waals surface area contributed by atoms with Crippen molar-refractivity contribution < 1.29 is 23.5 Å². The van der Waals surface area contributed by atoms with Crippen LogP contribution in [0.1, 0.15) is 22.8 Å². The quantitative estimate of drug-likeness (QED) is 0.582. The Balaban J connectivity index is 1.57. The van der Waals surface area contributed by atoms with Crippen LogP contribution in [0.2, 0.25) is 0 Å². The van der Waals surface area contributed by atoms with Crippen molar-refractivity contribution in [3.05, 3.63) is 53.3 Å². The Kier molecular flexibility index (Phi) is 6.34. The monoisotopic (exact) mass is 389 g/mol. The van der Waals surface area contributed by atoms with Crippen LogP contribution in [-0.2, 0) is 11.2 Å². The van der Waals surface area contributed by atoms with Gasteiger partial charge in [-0.15, -0.1) is 11.8 Å². The number of nitrogens with one attached hydrogen (secondary N) is 1. The summed E-state index contributed by atoms with van der Waals surface area (Å²) >= 11 is 1.37. The van der Waals surface area contributed by atoms with E-state index in [9.17, 15) is 14.0 Å². The number of carbonyl (C=O) groups is 2. The second-order valence-electron chi connectivity index (χ2n) is 6.06. The molecule has 0 unspecified atom stereocenters. The lowest BCUT2D eigenvalue weighted by atomic mass is 10.1. The molecule has 3 rings (SSSR count). The van der Waals surface area contributed by atoms with Crippen LogP contribution in [-0.4, -0.2) is 37.2 Å². The predicted octanol–water partition coefficient (Wildman–Crippen LogP) is 3.25. The number of ether oxygens (including phenoxy) is 2. The van der Waals surface area contributed by atoms with Crippen molar-refractivity contribution in [2.45, 2.75) is 18.2 Å². The Morgan fingerprint density at radius 2 is 1.89 bits per heavy atom. The van der Waals surface area contributed by atoms with E-state index in [0.717, 1.165) is 4.90 Å². The second kappa shape index (κ2) is 8.90. The molecule has 0 aromatic heterocycles. The van der Waals surface area contributed by atoms with Crippen molar-refractivity contribution in [2.75, 3.05) is 25.5 Å². The van der Waals surface area contributed by atoms with Crippen molar-refractivity contribution in [1.29, 1.82) is 0 Å². The van der Waals surface area contributed by atoms with Gasteiger partial charge in [0.2, 0.25) is 5.91 Å². The average molecular weight is 389 g/mol. The number of benzene rings is 2. The molecule has 1 N–H and O–H groups in total. The van der Waals surface area contributed by atoms with Gasteiger partial charge in [-0.3, -0.25) is 9.59 Å². The SMILES string of the molecule is CC(=O)NCCc1ccc(C(=O)CSc2ccc3c(c2)OCCO3)cc1F. The molecule has 1 heterocycles. The number of rotatable bonds is 7. The molecule has 0 atom stereocenters. The zero-order valence-corrected chi connectivity index (χ0v) is 15.7. The van der Waals surface area contributed by atoms with Crippen molar-refractivity contribution in [1.82, 2.24) is 5.32 Å². The van der Waals surface area contributed by atoms with Gasteiger partial charge in [0, 0.05) is 23.9 Å². The normalized spacial score (nSPS) is 12.5. The minimum absolute atomic E-state index is 0.151. The molecule has 142 valence electrons. The molecule has 5 nitrogen and oxygen atoms in total. The molecule has 0 saturated carbocycles. The highest BCUT2D eigenvalue weighted by molar-refractivity contribution is 8.00. The third-order valence-corrected chi connectivity index (χ3v) is 5.02. The highest BCUT2D eigenvalue weighted by Gasteiger charge is 2.14. The summed E-state index contributed by atoms with van der Waals surface area (Å²) in [4.78, 5) is 24.1. The van der Waals surface area contributed by atoms with E-state index >= 15 is 0 Å². The van der Waals surface area contributed by atoms with Crippen molar-refractivity contribution in [3.8, 4) is 11.5 Å². The van der Waals surface area contributed by atoms with E-state index in [0.29, 0.717) is 48.8 Å². The molecule has 0 radical (unpaired) electrons. The fourth-order valence-corrected chi connectivity index (χ4v) is 3.46. The molecule has 0 spiro atoms. The Hall–Kier alpha value is -2.54. The van der Waals surface area contributed by atoms with Gasteiger partial charge in [-0.25, -0.2) is 4.39 Å². The van der Waals surface area contributed by atoms with Gasteiger partial charge in [0.05, 0.1) is 5.75 Å². The molecule has 0 aliphatic carbocycles. The fourth-order valence-electron chi connectivity index (χ4n) is 2.64. The zero-order valence-electron chi connectivity index (χ0n) is 14.9. The molecule has 1 amide bonds. The molecule has 27 heavy (non-hydrogen) atoms. The second-order valence-corrected chi connectivity index (χ2v) is 7.11. The van der Waals surface area contributed by atoms with Gasteiger partial charge < -0.3 is 14.8 Å². The van der Waals surface area contributed by atoms with Gasteiger partial charge >= 0.3 is 0 Å². The summed E-state index contributed by atoms with van der Waals surface area (Å²) < 4.78 is 25.2. The summed E-state index contributed by atoms with van der Waals surface area (Å²) in [6.07, 6.45) is 0.381. The van der Waals surface area contributed by atoms with E-state index in [-0.39, 0.29) is 17.4 Å². The number of halogens is 1. The average Bonchev–Trinajstić information content (AvgIpc) is 2.67. The van der Waals surface area contributed by atoms with Crippen molar-refractivity contribution in [3.63, 3.8) is 0 Å². The van der Waals surface area contributed by atoms with Gasteiger partial charge in [0.1, 0.15) is 19.0 Å². The minimum Gasteiger partial charge on any atom is -0.486 e. The number of Topliss-reactive ketones (excluding diaryl/α,β-unsaturated/α-hetero) is 1. The first-order chi connectivity index (χ1) is 13.0. The first-order valence-electron chi connectivity index (χ1n) is 8.61. The van der Waals surface area contributed by atoms with Gasteiger partial charge in [-0.2, -0.15) is 0 Å². The minimum atomic E-state index is -0.435. The Bertz CT molecular complexity index is 856. The first-order valence-corrected chi connectivity index (χ1v) is 9.60. The molecule has 0 fully saturated rings. The van der Waals surface area contributed by atoms with E-state index in [1.54, 1.807) is 12.1 Å². The van der Waals surface area contributed by atoms with E-state index in [4.69, 9.17) is 9.47 Å². The number of ketones is 1. The fraction of sp³-hybridized carbons (Fsp3) is 0.300. The van der Waals surface area contributed by atoms with Gasteiger partial charge in [-0.1, -0.05) is 12.1 Å². The summed E-state index contributed by atoms with van der Waals surface area (Å²) in [5, 5.41) is 2.62. The highest BCUT2D eigenvalue weighted by atomic mass is 32.2. The Labute approximate surface area is 161 Å². The van der Waals surface area contributed by atoms with Gasteiger partial charge in [0.25, 0.3) is 0 Å². The van der Waals surface area contributed by atoms with Crippen LogP contribution < -0.4 is 14.8 Å². The smallest absolute Gasteiger partial charge is 0.216 e. The van der Waals surface area contributed by atoms with Gasteiger partial charge in [0.15, 0.2) is 17.3 Å². The predicted molar refractivity (Wildman–Crippen MR) is 101 cm³/mol. The van der Waals surface area contributed by atoms with E-state index in [1.807, 2.05) is 18.2 Å². The Morgan fingerprint density at radius 3 is 2.63 bits per heavy atom. The number of carbonyl (C=O) groups excluding carboxylic acids is 2.